The number of anilines is 2. The third-order valence-electron chi connectivity index (χ3n) is 12.0. The molecule has 8 heteroatoms. The van der Waals surface area contributed by atoms with Gasteiger partial charge in [0.1, 0.15) is 6.07 Å². The minimum atomic E-state index is -1.03. The highest BCUT2D eigenvalue weighted by molar-refractivity contribution is 6.19. The molecule has 7 aromatic rings. The number of carbonyl (C=O) groups is 2. The summed E-state index contributed by atoms with van der Waals surface area (Å²) in [5.41, 5.74) is 9.38. The van der Waals surface area contributed by atoms with E-state index < -0.39 is 11.9 Å². The van der Waals surface area contributed by atoms with Crippen LogP contribution in [0.25, 0.3) is 66.1 Å². The van der Waals surface area contributed by atoms with E-state index >= 15 is 0 Å². The molecule has 9 rings (SSSR count). The van der Waals surface area contributed by atoms with Crippen molar-refractivity contribution in [3.05, 3.63) is 107 Å². The zero-order chi connectivity index (χ0) is 37.8. The molecule has 0 fully saturated rings. The second kappa shape index (κ2) is 11.7. The quantitative estimate of drug-likeness (QED) is 0.137. The van der Waals surface area contributed by atoms with E-state index in [1.807, 2.05) is 48.5 Å². The van der Waals surface area contributed by atoms with Gasteiger partial charge in [-0.25, -0.2) is 18.4 Å². The van der Waals surface area contributed by atoms with Crippen molar-refractivity contribution >= 4 is 67.2 Å². The van der Waals surface area contributed by atoms with Crippen molar-refractivity contribution in [2.75, 3.05) is 37.0 Å². The number of rotatable bonds is 4. The second-order valence-electron chi connectivity index (χ2n) is 16.3. The standard InChI is InChI=1S/C46H40N2O6/c1-45(2)19-21-47(5)33-17-15-29-37(25-11-7-9-13-27(25)43(49)50)31-23-32-36(24-35(31)53-41(29)39(33)45)54-42-30(38(32)26-12-8-10-14-28(26)44(51)52)16-18-34-40(42)46(3,4)20-22-48(34)6/h7-18,23-24H,19-22H2,1-6H3/p+2. The molecule has 0 spiro atoms. The highest BCUT2D eigenvalue weighted by Gasteiger charge is 2.41. The smallest absolute Gasteiger partial charge is 0.371 e. The monoisotopic (exact) mass is 718 g/mol. The van der Waals surface area contributed by atoms with Crippen LogP contribution in [-0.2, 0) is 10.8 Å². The van der Waals surface area contributed by atoms with E-state index in [2.05, 4.69) is 63.7 Å². The van der Waals surface area contributed by atoms with E-state index in [1.54, 1.807) is 24.3 Å². The van der Waals surface area contributed by atoms with Crippen LogP contribution >= 0.6 is 0 Å². The molecule has 0 amide bonds. The number of aromatic carboxylic acids is 2. The summed E-state index contributed by atoms with van der Waals surface area (Å²) < 4.78 is 14.1. The van der Waals surface area contributed by atoms with E-state index in [1.165, 1.54) is 0 Å². The summed E-state index contributed by atoms with van der Waals surface area (Å²) in [6, 6.07) is 26.4. The van der Waals surface area contributed by atoms with Crippen molar-refractivity contribution in [2.45, 2.75) is 51.4 Å². The molecule has 0 unspecified atom stereocenters. The van der Waals surface area contributed by atoms with Gasteiger partial charge in [0.25, 0.3) is 0 Å². The number of carboxylic acid groups (broad SMARTS) is 2. The molecule has 0 radical (unpaired) electrons. The molecule has 2 aliphatic heterocycles. The van der Waals surface area contributed by atoms with Gasteiger partial charge in [-0.05, 0) is 66.4 Å². The lowest BCUT2D eigenvalue weighted by atomic mass is 9.76. The normalized spacial score (nSPS) is 16.2. The Morgan fingerprint density at radius 3 is 1.39 bits per heavy atom. The van der Waals surface area contributed by atoms with E-state index in [0.717, 1.165) is 70.3 Å². The van der Waals surface area contributed by atoms with Gasteiger partial charge >= 0.3 is 34.3 Å². The Morgan fingerprint density at radius 1 is 0.574 bits per heavy atom. The average molecular weight is 719 g/mol. The Hall–Kier alpha value is -6.02. The van der Waals surface area contributed by atoms with Gasteiger partial charge in [-0.2, -0.15) is 0 Å². The molecular weight excluding hydrogens is 677 g/mol. The molecule has 8 nitrogen and oxygen atoms in total. The maximum Gasteiger partial charge on any atom is 0.371 e. The van der Waals surface area contributed by atoms with Gasteiger partial charge in [-0.1, -0.05) is 64.1 Å². The SMILES string of the molecule is CN1CCC(C)(C)c2c1ccc1c(-c3ccccc3C(=O)O)c3cc4c(-c5ccccc5C(=O)O)c5ccc6c(c5[o+]c4cc3[o+]c21)C(C)(C)CCN6C. The molecule has 0 saturated heterocycles. The van der Waals surface area contributed by atoms with Crippen LogP contribution in [0.3, 0.4) is 0 Å². The first-order chi connectivity index (χ1) is 25.8. The van der Waals surface area contributed by atoms with Gasteiger partial charge in [0.2, 0.25) is 0 Å². The van der Waals surface area contributed by atoms with Crippen molar-refractivity contribution in [3.63, 3.8) is 0 Å². The molecule has 270 valence electrons. The number of benzene rings is 5. The Morgan fingerprint density at radius 2 is 0.981 bits per heavy atom. The molecule has 2 aliphatic rings. The van der Waals surface area contributed by atoms with E-state index in [0.29, 0.717) is 44.2 Å². The van der Waals surface area contributed by atoms with Crippen LogP contribution in [-0.4, -0.2) is 49.3 Å². The molecule has 4 heterocycles. The Kier molecular flexibility index (Phi) is 7.35. The Bertz CT molecular complexity index is 2600. The zero-order valence-corrected chi connectivity index (χ0v) is 31.3. The van der Waals surface area contributed by atoms with Crippen molar-refractivity contribution in [1.82, 2.24) is 0 Å². The van der Waals surface area contributed by atoms with Crippen LogP contribution in [0.4, 0.5) is 11.4 Å². The molecule has 0 atom stereocenters. The maximum absolute atomic E-state index is 12.8. The van der Waals surface area contributed by atoms with Crippen LogP contribution in [0, 0.1) is 0 Å². The first-order valence-electron chi connectivity index (χ1n) is 18.5. The lowest BCUT2D eigenvalue weighted by molar-refractivity contribution is 0.0687. The van der Waals surface area contributed by atoms with Gasteiger partial charge in [-0.3, -0.25) is 0 Å². The fourth-order valence-corrected chi connectivity index (χ4v) is 9.07. The summed E-state index contributed by atoms with van der Waals surface area (Å²) in [6.45, 7) is 10.7. The summed E-state index contributed by atoms with van der Waals surface area (Å²) in [4.78, 5) is 30.2. The minimum Gasteiger partial charge on any atom is -0.478 e. The summed E-state index contributed by atoms with van der Waals surface area (Å²) in [5, 5.41) is 24.0. The van der Waals surface area contributed by atoms with Crippen LogP contribution < -0.4 is 9.80 Å². The lowest BCUT2D eigenvalue weighted by Crippen LogP contribution is -2.35. The molecule has 2 aromatic heterocycles. The van der Waals surface area contributed by atoms with Gasteiger partial charge in [-0.15, -0.1) is 0 Å². The summed E-state index contributed by atoms with van der Waals surface area (Å²) in [7, 11) is 4.18. The van der Waals surface area contributed by atoms with Crippen molar-refractivity contribution in [1.29, 1.82) is 0 Å². The van der Waals surface area contributed by atoms with E-state index in [9.17, 15) is 19.8 Å². The third kappa shape index (κ3) is 4.89. The molecule has 0 aliphatic carbocycles. The molecule has 0 saturated carbocycles. The third-order valence-corrected chi connectivity index (χ3v) is 12.0. The Balaban J connectivity index is 1.52. The van der Waals surface area contributed by atoms with Crippen LogP contribution in [0.15, 0.2) is 93.8 Å². The average Bonchev–Trinajstić information content (AvgIpc) is 3.14. The van der Waals surface area contributed by atoms with Gasteiger partial charge < -0.3 is 20.0 Å². The predicted molar refractivity (Wildman–Crippen MR) is 216 cm³/mol. The number of hydrogen-bond acceptors (Lipinski definition) is 4. The fraction of sp³-hybridized carbons (Fsp3) is 0.261. The molecule has 0 bridgehead atoms. The highest BCUT2D eigenvalue weighted by Crippen LogP contribution is 2.51. The van der Waals surface area contributed by atoms with Gasteiger partial charge in [0.15, 0.2) is 0 Å². The van der Waals surface area contributed by atoms with Gasteiger partial charge in [0, 0.05) is 60.5 Å². The largest absolute Gasteiger partial charge is 0.478 e. The number of hydrogen-bond donors (Lipinski definition) is 2. The number of fused-ring (bicyclic) bond motifs is 8. The number of carboxylic acids is 2. The van der Waals surface area contributed by atoms with E-state index in [-0.39, 0.29) is 22.0 Å². The van der Waals surface area contributed by atoms with Crippen molar-refractivity contribution < 1.29 is 28.6 Å². The lowest BCUT2D eigenvalue weighted by Gasteiger charge is -2.36. The zero-order valence-electron chi connectivity index (χ0n) is 31.3. The molecule has 5 aromatic carbocycles. The molecular formula is C46H42N2O6+2. The molecule has 2 N–H and O–H groups in total. The van der Waals surface area contributed by atoms with Crippen LogP contribution in [0.5, 0.6) is 0 Å². The van der Waals surface area contributed by atoms with Gasteiger partial charge in [0.05, 0.1) is 43.8 Å². The first kappa shape index (κ1) is 33.8. The summed E-state index contributed by atoms with van der Waals surface area (Å²) in [6.07, 6.45) is 1.84. The minimum absolute atomic E-state index is 0.179. The summed E-state index contributed by atoms with van der Waals surface area (Å²) in [5.74, 6) is -2.05. The van der Waals surface area contributed by atoms with E-state index in [4.69, 9.17) is 8.83 Å². The Labute approximate surface area is 312 Å². The van der Waals surface area contributed by atoms with Crippen molar-refractivity contribution in [2.24, 2.45) is 0 Å². The van der Waals surface area contributed by atoms with Crippen LogP contribution in [0.2, 0.25) is 0 Å². The van der Waals surface area contributed by atoms with Crippen LogP contribution in [0.1, 0.15) is 72.4 Å². The second-order valence-corrected chi connectivity index (χ2v) is 16.3. The maximum atomic E-state index is 12.8. The fourth-order valence-electron chi connectivity index (χ4n) is 9.07. The highest BCUT2D eigenvalue weighted by atomic mass is 16.4. The summed E-state index contributed by atoms with van der Waals surface area (Å²) >= 11 is 0. The van der Waals surface area contributed by atoms with Crippen molar-refractivity contribution in [3.8, 4) is 22.3 Å². The molecule has 54 heavy (non-hydrogen) atoms. The number of nitrogens with zero attached hydrogens (tertiary/aromatic N) is 2. The first-order valence-corrected chi connectivity index (χ1v) is 18.5. The topological polar surface area (TPSA) is 104 Å². The predicted octanol–water partition coefficient (Wildman–Crippen LogP) is 11.0.